The minimum Gasteiger partial charge on any atom is -0.395 e. The van der Waals surface area contributed by atoms with Gasteiger partial charge in [-0.3, -0.25) is 4.79 Å². The fourth-order valence-electron chi connectivity index (χ4n) is 1.46. The zero-order valence-electron chi connectivity index (χ0n) is 9.16. The number of H-pyrrole nitrogens is 1. The van der Waals surface area contributed by atoms with Gasteiger partial charge in [0.1, 0.15) is 11.6 Å². The fraction of sp³-hybridized carbons (Fsp3) is 0.600. The second kappa shape index (κ2) is 5.50. The minimum atomic E-state index is -0.156. The molecule has 15 heavy (non-hydrogen) atoms. The zero-order valence-corrected chi connectivity index (χ0v) is 9.16. The first-order valence-corrected chi connectivity index (χ1v) is 5.11. The molecule has 1 rings (SSSR count). The van der Waals surface area contributed by atoms with Crippen molar-refractivity contribution in [2.24, 2.45) is 0 Å². The lowest BCUT2D eigenvalue weighted by atomic mass is 10.4. The maximum Gasteiger partial charge on any atom is 0.252 e. The highest BCUT2D eigenvalue weighted by Crippen LogP contribution is 2.07. The maximum atomic E-state index is 11.2. The van der Waals surface area contributed by atoms with Crippen molar-refractivity contribution < 1.29 is 5.11 Å². The number of aliphatic hydroxyl groups is 1. The molecule has 0 saturated carbocycles. The lowest BCUT2D eigenvalue weighted by Crippen LogP contribution is -2.29. The van der Waals surface area contributed by atoms with Gasteiger partial charge >= 0.3 is 0 Å². The number of nitrogens with one attached hydrogen (secondary N) is 1. The molecular formula is C10H17N3O2. The monoisotopic (exact) mass is 211 g/mol. The van der Waals surface area contributed by atoms with E-state index in [0.717, 1.165) is 13.0 Å². The molecule has 0 unspecified atom stereocenters. The van der Waals surface area contributed by atoms with E-state index in [9.17, 15) is 4.79 Å². The Balaban J connectivity index is 2.93. The van der Waals surface area contributed by atoms with Crippen molar-refractivity contribution in [3.8, 4) is 0 Å². The van der Waals surface area contributed by atoms with Gasteiger partial charge in [0, 0.05) is 19.2 Å². The van der Waals surface area contributed by atoms with Gasteiger partial charge in [0.05, 0.1) is 6.61 Å². The Bertz CT molecular complexity index is 356. The first-order valence-electron chi connectivity index (χ1n) is 5.11. The first-order chi connectivity index (χ1) is 7.17. The number of anilines is 1. The van der Waals surface area contributed by atoms with Crippen molar-refractivity contribution in [1.82, 2.24) is 9.97 Å². The molecule has 0 aliphatic heterocycles. The van der Waals surface area contributed by atoms with Crippen LogP contribution in [-0.2, 0) is 0 Å². The van der Waals surface area contributed by atoms with Crippen LogP contribution in [0.2, 0.25) is 0 Å². The van der Waals surface area contributed by atoms with Crippen LogP contribution in [0.15, 0.2) is 10.9 Å². The predicted molar refractivity (Wildman–Crippen MR) is 59.2 cm³/mol. The van der Waals surface area contributed by atoms with Gasteiger partial charge in [-0.05, 0) is 13.3 Å². The topological polar surface area (TPSA) is 69.2 Å². The number of aromatic nitrogens is 2. The Morgan fingerprint density at radius 1 is 1.53 bits per heavy atom. The van der Waals surface area contributed by atoms with Crippen molar-refractivity contribution in [3.05, 3.63) is 22.2 Å². The summed E-state index contributed by atoms with van der Waals surface area (Å²) >= 11 is 0. The largest absolute Gasteiger partial charge is 0.395 e. The second-order valence-corrected chi connectivity index (χ2v) is 3.40. The lowest BCUT2D eigenvalue weighted by Gasteiger charge is -2.21. The van der Waals surface area contributed by atoms with E-state index < -0.39 is 0 Å². The van der Waals surface area contributed by atoms with Crippen molar-refractivity contribution in [2.75, 3.05) is 24.6 Å². The van der Waals surface area contributed by atoms with E-state index in [0.29, 0.717) is 18.2 Å². The molecule has 5 nitrogen and oxygen atoms in total. The highest BCUT2D eigenvalue weighted by atomic mass is 16.3. The normalized spacial score (nSPS) is 10.3. The van der Waals surface area contributed by atoms with Gasteiger partial charge in [-0.2, -0.15) is 0 Å². The molecule has 1 aromatic heterocycles. The van der Waals surface area contributed by atoms with Crippen LogP contribution in [0.1, 0.15) is 19.2 Å². The second-order valence-electron chi connectivity index (χ2n) is 3.40. The third kappa shape index (κ3) is 3.36. The summed E-state index contributed by atoms with van der Waals surface area (Å²) in [5.41, 5.74) is -0.156. The van der Waals surface area contributed by atoms with Crippen LogP contribution in [0.5, 0.6) is 0 Å². The third-order valence-electron chi connectivity index (χ3n) is 2.03. The standard InChI is InChI=1S/C10H17N3O2/c1-3-4-13(5-6-14)9-7-10(15)12-8(2)11-9/h7,14H,3-6H2,1-2H3,(H,11,12,15). The van der Waals surface area contributed by atoms with Crippen LogP contribution in [0.3, 0.4) is 0 Å². The Morgan fingerprint density at radius 3 is 2.80 bits per heavy atom. The molecule has 0 atom stereocenters. The first kappa shape index (κ1) is 11.7. The van der Waals surface area contributed by atoms with Crippen molar-refractivity contribution >= 4 is 5.82 Å². The maximum absolute atomic E-state index is 11.2. The predicted octanol–water partition coefficient (Wildman–Crippen LogP) is 0.287. The van der Waals surface area contributed by atoms with E-state index in [2.05, 4.69) is 9.97 Å². The van der Waals surface area contributed by atoms with E-state index in [4.69, 9.17) is 5.11 Å². The Morgan fingerprint density at radius 2 is 2.27 bits per heavy atom. The van der Waals surface area contributed by atoms with Crippen LogP contribution in [0.4, 0.5) is 5.82 Å². The molecule has 0 radical (unpaired) electrons. The van der Waals surface area contributed by atoms with E-state index >= 15 is 0 Å². The average molecular weight is 211 g/mol. The number of aryl methyl sites for hydroxylation is 1. The van der Waals surface area contributed by atoms with Gasteiger partial charge in [0.2, 0.25) is 0 Å². The molecule has 1 aromatic rings. The summed E-state index contributed by atoms with van der Waals surface area (Å²) in [6, 6.07) is 1.46. The van der Waals surface area contributed by atoms with Gasteiger partial charge in [-0.15, -0.1) is 0 Å². The Kier molecular flexibility index (Phi) is 4.30. The smallest absolute Gasteiger partial charge is 0.252 e. The van der Waals surface area contributed by atoms with Crippen LogP contribution >= 0.6 is 0 Å². The number of aromatic amines is 1. The van der Waals surface area contributed by atoms with Crippen molar-refractivity contribution in [3.63, 3.8) is 0 Å². The Labute approximate surface area is 88.8 Å². The molecule has 0 aliphatic rings. The molecule has 0 amide bonds. The van der Waals surface area contributed by atoms with Crippen molar-refractivity contribution in [1.29, 1.82) is 0 Å². The van der Waals surface area contributed by atoms with Crippen LogP contribution in [0, 0.1) is 6.92 Å². The number of aliphatic hydroxyl groups excluding tert-OH is 1. The lowest BCUT2D eigenvalue weighted by molar-refractivity contribution is 0.301. The van der Waals surface area contributed by atoms with Crippen LogP contribution < -0.4 is 10.5 Å². The minimum absolute atomic E-state index is 0.0630. The highest BCUT2D eigenvalue weighted by Gasteiger charge is 2.07. The molecule has 0 saturated heterocycles. The summed E-state index contributed by atoms with van der Waals surface area (Å²) in [6.45, 7) is 5.14. The summed E-state index contributed by atoms with van der Waals surface area (Å²) < 4.78 is 0. The molecule has 0 aliphatic carbocycles. The molecule has 0 aromatic carbocycles. The van der Waals surface area contributed by atoms with E-state index in [-0.39, 0.29) is 12.2 Å². The number of hydrogen-bond donors (Lipinski definition) is 2. The Hall–Kier alpha value is -1.36. The molecule has 1 heterocycles. The molecule has 5 heteroatoms. The van der Waals surface area contributed by atoms with E-state index in [1.165, 1.54) is 6.07 Å². The summed E-state index contributed by atoms with van der Waals surface area (Å²) in [5.74, 6) is 1.23. The summed E-state index contributed by atoms with van der Waals surface area (Å²) in [6.07, 6.45) is 0.952. The van der Waals surface area contributed by atoms with Gasteiger partial charge < -0.3 is 15.0 Å². The van der Waals surface area contributed by atoms with Gasteiger partial charge in [-0.1, -0.05) is 6.92 Å². The highest BCUT2D eigenvalue weighted by molar-refractivity contribution is 5.37. The fourth-order valence-corrected chi connectivity index (χ4v) is 1.46. The quantitative estimate of drug-likeness (QED) is 0.734. The zero-order chi connectivity index (χ0) is 11.3. The number of nitrogens with zero attached hydrogens (tertiary/aromatic N) is 2. The molecule has 0 bridgehead atoms. The van der Waals surface area contributed by atoms with Crippen LogP contribution in [0.25, 0.3) is 0 Å². The summed E-state index contributed by atoms with van der Waals surface area (Å²) in [5, 5.41) is 8.91. The molecule has 2 N–H and O–H groups in total. The SMILES string of the molecule is CCCN(CCO)c1cc(=O)[nH]c(C)n1. The molecule has 0 spiro atoms. The summed E-state index contributed by atoms with van der Waals surface area (Å²) in [4.78, 5) is 20.0. The molecule has 0 fully saturated rings. The van der Waals surface area contributed by atoms with Gasteiger partial charge in [-0.25, -0.2) is 4.98 Å². The van der Waals surface area contributed by atoms with E-state index in [1.54, 1.807) is 6.92 Å². The van der Waals surface area contributed by atoms with Gasteiger partial charge in [0.15, 0.2) is 0 Å². The number of rotatable bonds is 5. The number of hydrogen-bond acceptors (Lipinski definition) is 4. The van der Waals surface area contributed by atoms with Gasteiger partial charge in [0.25, 0.3) is 5.56 Å². The third-order valence-corrected chi connectivity index (χ3v) is 2.03. The van der Waals surface area contributed by atoms with E-state index in [1.807, 2.05) is 11.8 Å². The molecular weight excluding hydrogens is 194 g/mol. The summed E-state index contributed by atoms with van der Waals surface area (Å²) in [7, 11) is 0. The van der Waals surface area contributed by atoms with Crippen LogP contribution in [-0.4, -0.2) is 34.8 Å². The average Bonchev–Trinajstić information content (AvgIpc) is 2.16. The van der Waals surface area contributed by atoms with Crippen molar-refractivity contribution in [2.45, 2.75) is 20.3 Å². The molecule has 84 valence electrons.